The minimum Gasteiger partial charge on any atom is -0.462 e. The lowest BCUT2D eigenvalue weighted by molar-refractivity contribution is -0.117. The van der Waals surface area contributed by atoms with Crippen LogP contribution in [0.15, 0.2) is 35.7 Å². The van der Waals surface area contributed by atoms with Crippen molar-refractivity contribution in [1.82, 2.24) is 4.90 Å². The van der Waals surface area contributed by atoms with Gasteiger partial charge >= 0.3 is 5.97 Å². The van der Waals surface area contributed by atoms with E-state index in [1.807, 2.05) is 47.5 Å². The number of amides is 1. The summed E-state index contributed by atoms with van der Waals surface area (Å²) in [6.45, 7) is 5.35. The quantitative estimate of drug-likeness (QED) is 0.609. The van der Waals surface area contributed by atoms with E-state index < -0.39 is 5.97 Å². The highest BCUT2D eigenvalue weighted by Crippen LogP contribution is 2.36. The van der Waals surface area contributed by atoms with Crippen molar-refractivity contribution in [2.24, 2.45) is 0 Å². The molecule has 0 aliphatic heterocycles. The van der Waals surface area contributed by atoms with Crippen LogP contribution in [0.4, 0.5) is 5.00 Å². The zero-order valence-corrected chi connectivity index (χ0v) is 16.6. The van der Waals surface area contributed by atoms with Gasteiger partial charge in [-0.1, -0.05) is 37.3 Å². The fourth-order valence-electron chi connectivity index (χ4n) is 2.78. The number of rotatable bonds is 10. The predicted octanol–water partition coefficient (Wildman–Crippen LogP) is 3.23. The molecule has 0 saturated heterocycles. The number of hydrogen-bond donors (Lipinski definition) is 2. The smallest absolute Gasteiger partial charge is 0.341 e. The standard InChI is InChI=1S/C20H26N2O4S/c1-3-10-22(11-12-23)13-17(24)21-19-18(20(25)26-4-2)16(14-27-19)15-8-6-5-7-9-15/h5-9,14,23H,3-4,10-13H2,1-2H3,(H,21,24). The molecule has 0 radical (unpaired) electrons. The van der Waals surface area contributed by atoms with Gasteiger partial charge in [0.15, 0.2) is 0 Å². The first kappa shape index (κ1) is 21.1. The van der Waals surface area contributed by atoms with Gasteiger partial charge in [0.2, 0.25) is 5.91 Å². The van der Waals surface area contributed by atoms with Crippen LogP contribution < -0.4 is 5.32 Å². The molecule has 2 aromatic rings. The van der Waals surface area contributed by atoms with E-state index in [-0.39, 0.29) is 25.7 Å². The summed E-state index contributed by atoms with van der Waals surface area (Å²) in [7, 11) is 0. The summed E-state index contributed by atoms with van der Waals surface area (Å²) in [5, 5.41) is 14.3. The van der Waals surface area contributed by atoms with E-state index >= 15 is 0 Å². The third-order valence-corrected chi connectivity index (χ3v) is 4.83. The molecule has 0 spiro atoms. The van der Waals surface area contributed by atoms with Gasteiger partial charge in [0.25, 0.3) is 0 Å². The lowest BCUT2D eigenvalue weighted by Crippen LogP contribution is -2.35. The van der Waals surface area contributed by atoms with Gasteiger partial charge in [-0.05, 0) is 25.5 Å². The SMILES string of the molecule is CCCN(CCO)CC(=O)Nc1scc(-c2ccccc2)c1C(=O)OCC. The van der Waals surface area contributed by atoms with Crippen molar-refractivity contribution in [2.45, 2.75) is 20.3 Å². The summed E-state index contributed by atoms with van der Waals surface area (Å²) in [5.74, 6) is -0.669. The van der Waals surface area contributed by atoms with Crippen molar-refractivity contribution >= 4 is 28.2 Å². The number of hydrogen-bond acceptors (Lipinski definition) is 6. The summed E-state index contributed by atoms with van der Waals surface area (Å²) >= 11 is 1.31. The van der Waals surface area contributed by atoms with Gasteiger partial charge < -0.3 is 15.2 Å². The Bertz CT molecular complexity index is 740. The maximum absolute atomic E-state index is 12.5. The average molecular weight is 391 g/mol. The Hall–Kier alpha value is -2.22. The normalized spacial score (nSPS) is 10.8. The Balaban J connectivity index is 2.24. The summed E-state index contributed by atoms with van der Waals surface area (Å²) in [4.78, 5) is 26.9. The molecule has 0 atom stereocenters. The molecule has 0 fully saturated rings. The van der Waals surface area contributed by atoms with E-state index in [0.29, 0.717) is 17.1 Å². The number of carbonyl (C=O) groups excluding carboxylic acids is 2. The predicted molar refractivity (Wildman–Crippen MR) is 108 cm³/mol. The summed E-state index contributed by atoms with van der Waals surface area (Å²) < 4.78 is 5.20. The highest BCUT2D eigenvalue weighted by atomic mass is 32.1. The maximum atomic E-state index is 12.5. The second kappa shape index (κ2) is 10.8. The van der Waals surface area contributed by atoms with Crippen molar-refractivity contribution in [2.75, 3.05) is 38.2 Å². The zero-order chi connectivity index (χ0) is 19.6. The highest BCUT2D eigenvalue weighted by Gasteiger charge is 2.23. The van der Waals surface area contributed by atoms with E-state index in [9.17, 15) is 9.59 Å². The first-order chi connectivity index (χ1) is 13.1. The van der Waals surface area contributed by atoms with Crippen LogP contribution in [0, 0.1) is 0 Å². The third kappa shape index (κ3) is 5.89. The molecule has 1 aromatic heterocycles. The van der Waals surface area contributed by atoms with Gasteiger partial charge in [0.05, 0.1) is 19.8 Å². The van der Waals surface area contributed by atoms with Crippen molar-refractivity contribution in [1.29, 1.82) is 0 Å². The molecule has 6 nitrogen and oxygen atoms in total. The molecule has 0 unspecified atom stereocenters. The van der Waals surface area contributed by atoms with E-state index in [1.165, 1.54) is 11.3 Å². The second-order valence-corrected chi connectivity index (χ2v) is 6.87. The van der Waals surface area contributed by atoms with Gasteiger partial charge in [0, 0.05) is 17.5 Å². The fourth-order valence-corrected chi connectivity index (χ4v) is 3.76. The number of thiophene rings is 1. The fraction of sp³-hybridized carbons (Fsp3) is 0.400. The van der Waals surface area contributed by atoms with Gasteiger partial charge in [0.1, 0.15) is 10.6 Å². The summed E-state index contributed by atoms with van der Waals surface area (Å²) in [6.07, 6.45) is 0.887. The first-order valence-electron chi connectivity index (χ1n) is 9.07. The largest absolute Gasteiger partial charge is 0.462 e. The van der Waals surface area contributed by atoms with Gasteiger partial charge in [-0.2, -0.15) is 0 Å². The van der Waals surface area contributed by atoms with Crippen LogP contribution in [0.3, 0.4) is 0 Å². The Morgan fingerprint density at radius 3 is 2.56 bits per heavy atom. The number of nitrogens with one attached hydrogen (secondary N) is 1. The molecule has 0 aliphatic rings. The van der Waals surface area contributed by atoms with Crippen molar-refractivity contribution in [3.63, 3.8) is 0 Å². The van der Waals surface area contributed by atoms with Crippen molar-refractivity contribution < 1.29 is 19.4 Å². The number of benzene rings is 1. The van der Waals surface area contributed by atoms with E-state index in [0.717, 1.165) is 24.1 Å². The lowest BCUT2D eigenvalue weighted by Gasteiger charge is -2.19. The number of ether oxygens (including phenoxy) is 1. The monoisotopic (exact) mass is 390 g/mol. The molecule has 1 heterocycles. The van der Waals surface area contributed by atoms with Crippen LogP contribution in [-0.2, 0) is 9.53 Å². The second-order valence-electron chi connectivity index (χ2n) is 5.99. The van der Waals surface area contributed by atoms with Gasteiger partial charge in [-0.25, -0.2) is 4.79 Å². The first-order valence-corrected chi connectivity index (χ1v) is 9.95. The molecule has 0 saturated carbocycles. The van der Waals surface area contributed by atoms with E-state index in [1.54, 1.807) is 6.92 Å². The van der Waals surface area contributed by atoms with Crippen LogP contribution in [-0.4, -0.2) is 54.7 Å². The number of nitrogens with zero attached hydrogens (tertiary/aromatic N) is 1. The number of anilines is 1. The molecule has 7 heteroatoms. The van der Waals surface area contributed by atoms with E-state index in [2.05, 4.69) is 5.32 Å². The molecule has 27 heavy (non-hydrogen) atoms. The molecule has 0 aliphatic carbocycles. The molecule has 146 valence electrons. The topological polar surface area (TPSA) is 78.9 Å². The van der Waals surface area contributed by atoms with Gasteiger partial charge in [-0.15, -0.1) is 11.3 Å². The number of aliphatic hydroxyl groups excluding tert-OH is 1. The van der Waals surface area contributed by atoms with Gasteiger partial charge in [-0.3, -0.25) is 9.69 Å². The van der Waals surface area contributed by atoms with Crippen LogP contribution in [0.5, 0.6) is 0 Å². The Kier molecular flexibility index (Phi) is 8.44. The maximum Gasteiger partial charge on any atom is 0.341 e. The Morgan fingerprint density at radius 2 is 1.93 bits per heavy atom. The molecule has 1 aromatic carbocycles. The molecule has 2 N–H and O–H groups in total. The third-order valence-electron chi connectivity index (χ3n) is 3.93. The van der Waals surface area contributed by atoms with Crippen LogP contribution in [0.25, 0.3) is 11.1 Å². The Morgan fingerprint density at radius 1 is 1.19 bits per heavy atom. The molecule has 0 bridgehead atoms. The number of esters is 1. The number of carbonyl (C=O) groups is 2. The van der Waals surface area contributed by atoms with Crippen molar-refractivity contribution in [3.05, 3.63) is 41.3 Å². The zero-order valence-electron chi connectivity index (χ0n) is 15.7. The van der Waals surface area contributed by atoms with E-state index in [4.69, 9.17) is 9.84 Å². The van der Waals surface area contributed by atoms with Crippen molar-refractivity contribution in [3.8, 4) is 11.1 Å². The molecular weight excluding hydrogens is 364 g/mol. The van der Waals surface area contributed by atoms with Crippen LogP contribution in [0.1, 0.15) is 30.6 Å². The van der Waals surface area contributed by atoms with Crippen LogP contribution in [0.2, 0.25) is 0 Å². The summed E-state index contributed by atoms with van der Waals surface area (Å²) in [6, 6.07) is 9.54. The Labute approximate surface area is 163 Å². The summed E-state index contributed by atoms with van der Waals surface area (Å²) in [5.41, 5.74) is 2.02. The minimum absolute atomic E-state index is 0.00147. The lowest BCUT2D eigenvalue weighted by atomic mass is 10.0. The molecular formula is C20H26N2O4S. The average Bonchev–Trinajstić information content (AvgIpc) is 3.06. The van der Waals surface area contributed by atoms with Crippen LogP contribution >= 0.6 is 11.3 Å². The molecule has 1 amide bonds. The number of aliphatic hydroxyl groups is 1. The molecule has 2 rings (SSSR count). The highest BCUT2D eigenvalue weighted by molar-refractivity contribution is 7.15. The minimum atomic E-state index is -0.450.